The number of fused-ring (bicyclic) bond motifs is 5. The van der Waals surface area contributed by atoms with E-state index in [4.69, 9.17) is 14.2 Å². The lowest BCUT2D eigenvalue weighted by Crippen LogP contribution is -2.56. The number of aliphatic hydroxyl groups is 3. The Morgan fingerprint density at radius 1 is 1.20 bits per heavy atom. The molecule has 3 aliphatic carbocycles. The summed E-state index contributed by atoms with van der Waals surface area (Å²) in [4.78, 5) is 29.2. The minimum Gasteiger partial charge on any atom is -0.493 e. The molecule has 0 radical (unpaired) electrons. The Labute approximate surface area is 241 Å². The Hall–Kier alpha value is -2.66. The second-order valence-corrected chi connectivity index (χ2v) is 11.8. The molecule has 10 nitrogen and oxygen atoms in total. The predicted molar refractivity (Wildman–Crippen MR) is 150 cm³/mol. The molecule has 2 saturated carbocycles. The molecule has 2 bridgehead atoms. The molecule has 2 fully saturated rings. The predicted octanol–water partition coefficient (Wildman–Crippen LogP) is 1.89. The van der Waals surface area contributed by atoms with Crippen molar-refractivity contribution in [3.05, 3.63) is 34.9 Å². The molecular formula is C31H44N2O8. The number of hydrogen-bond acceptors (Lipinski definition) is 8. The molecule has 2 amide bonds. The van der Waals surface area contributed by atoms with Crippen molar-refractivity contribution in [2.75, 3.05) is 40.0 Å². The molecule has 4 aliphatic rings. The number of carbonyl (C=O) groups excluding carboxylic acids is 2. The van der Waals surface area contributed by atoms with Crippen molar-refractivity contribution in [3.63, 3.8) is 0 Å². The zero-order valence-electron chi connectivity index (χ0n) is 24.1. The SMILES string of the molecule is CCOCCCN(C(=O)CC1CC2CCC1C2)C1C=C(C(=O)NCCO)C2c3cc(CO)cc(OC)c3OC2C1O. The number of nitrogens with zero attached hydrogens (tertiary/aromatic N) is 1. The van der Waals surface area contributed by atoms with Crippen LogP contribution in [-0.2, 0) is 20.9 Å². The molecule has 7 unspecified atom stereocenters. The lowest BCUT2D eigenvalue weighted by molar-refractivity contribution is -0.138. The van der Waals surface area contributed by atoms with Crippen molar-refractivity contribution in [1.82, 2.24) is 10.2 Å². The summed E-state index contributed by atoms with van der Waals surface area (Å²) in [7, 11) is 1.50. The molecule has 1 aliphatic heterocycles. The van der Waals surface area contributed by atoms with Gasteiger partial charge in [-0.25, -0.2) is 0 Å². The summed E-state index contributed by atoms with van der Waals surface area (Å²) in [6.07, 6.45) is 5.50. The van der Waals surface area contributed by atoms with Gasteiger partial charge in [0.25, 0.3) is 0 Å². The molecule has 1 aromatic carbocycles. The number of methoxy groups -OCH3 is 1. The van der Waals surface area contributed by atoms with E-state index in [1.807, 2.05) is 6.92 Å². The van der Waals surface area contributed by atoms with Crippen LogP contribution in [0, 0.1) is 17.8 Å². The van der Waals surface area contributed by atoms with Crippen molar-refractivity contribution in [1.29, 1.82) is 0 Å². The minimum atomic E-state index is -1.11. The van der Waals surface area contributed by atoms with E-state index >= 15 is 0 Å². The van der Waals surface area contributed by atoms with E-state index < -0.39 is 30.1 Å². The molecule has 4 N–H and O–H groups in total. The lowest BCUT2D eigenvalue weighted by Gasteiger charge is -2.41. The average molecular weight is 573 g/mol. The maximum Gasteiger partial charge on any atom is 0.247 e. The number of carbonyl (C=O) groups is 2. The number of benzene rings is 1. The molecule has 0 aromatic heterocycles. The first-order valence-corrected chi connectivity index (χ1v) is 15.0. The summed E-state index contributed by atoms with van der Waals surface area (Å²) < 4.78 is 17.4. The van der Waals surface area contributed by atoms with E-state index in [2.05, 4.69) is 5.32 Å². The van der Waals surface area contributed by atoms with Crippen LogP contribution in [0.4, 0.5) is 0 Å². The van der Waals surface area contributed by atoms with Gasteiger partial charge in [-0.15, -0.1) is 0 Å². The molecule has 1 aromatic rings. The number of hydrogen-bond donors (Lipinski definition) is 4. The summed E-state index contributed by atoms with van der Waals surface area (Å²) in [5.74, 6) is 1.42. The van der Waals surface area contributed by atoms with Crippen LogP contribution in [0.5, 0.6) is 11.5 Å². The van der Waals surface area contributed by atoms with Crippen molar-refractivity contribution in [3.8, 4) is 11.5 Å². The third-order valence-corrected chi connectivity index (χ3v) is 9.39. The van der Waals surface area contributed by atoms with Crippen LogP contribution in [0.3, 0.4) is 0 Å². The number of aliphatic hydroxyl groups excluding tert-OH is 3. The fourth-order valence-electron chi connectivity index (χ4n) is 7.51. The van der Waals surface area contributed by atoms with Gasteiger partial charge in [0.1, 0.15) is 12.2 Å². The van der Waals surface area contributed by atoms with Gasteiger partial charge in [0.2, 0.25) is 11.8 Å². The van der Waals surface area contributed by atoms with E-state index in [-0.39, 0.29) is 25.7 Å². The third-order valence-electron chi connectivity index (χ3n) is 9.39. The Balaban J connectivity index is 1.49. The van der Waals surface area contributed by atoms with Crippen molar-refractivity contribution >= 4 is 11.8 Å². The molecule has 10 heteroatoms. The van der Waals surface area contributed by atoms with Crippen LogP contribution in [0.1, 0.15) is 62.5 Å². The highest BCUT2D eigenvalue weighted by molar-refractivity contribution is 5.96. The van der Waals surface area contributed by atoms with E-state index in [0.717, 1.165) is 12.3 Å². The van der Waals surface area contributed by atoms with Gasteiger partial charge in [-0.1, -0.05) is 6.42 Å². The van der Waals surface area contributed by atoms with Crippen LogP contribution in [0.15, 0.2) is 23.8 Å². The lowest BCUT2D eigenvalue weighted by atomic mass is 9.77. The normalized spacial score (nSPS) is 29.4. The number of amides is 2. The number of ether oxygens (including phenoxy) is 3. The zero-order chi connectivity index (χ0) is 29.1. The van der Waals surface area contributed by atoms with Crippen LogP contribution in [0.2, 0.25) is 0 Å². The first-order valence-electron chi connectivity index (χ1n) is 15.0. The van der Waals surface area contributed by atoms with Gasteiger partial charge in [-0.05, 0) is 74.1 Å². The molecule has 5 rings (SSSR count). The monoisotopic (exact) mass is 572 g/mol. The van der Waals surface area contributed by atoms with Crippen molar-refractivity contribution in [2.45, 2.75) is 76.2 Å². The molecule has 41 heavy (non-hydrogen) atoms. The second-order valence-electron chi connectivity index (χ2n) is 11.8. The Morgan fingerprint density at radius 3 is 2.68 bits per heavy atom. The Bertz CT molecular complexity index is 1140. The highest BCUT2D eigenvalue weighted by Crippen LogP contribution is 2.52. The summed E-state index contributed by atoms with van der Waals surface area (Å²) in [5, 5.41) is 33.8. The van der Waals surface area contributed by atoms with Crippen LogP contribution in [-0.4, -0.2) is 90.3 Å². The Kier molecular flexibility index (Phi) is 9.53. The third kappa shape index (κ3) is 5.98. The summed E-state index contributed by atoms with van der Waals surface area (Å²) in [6.45, 7) is 2.98. The fourth-order valence-corrected chi connectivity index (χ4v) is 7.51. The highest BCUT2D eigenvalue weighted by Gasteiger charge is 2.52. The highest BCUT2D eigenvalue weighted by atomic mass is 16.5. The molecule has 0 saturated heterocycles. The van der Waals surface area contributed by atoms with Gasteiger partial charge < -0.3 is 39.7 Å². The maximum absolute atomic E-state index is 13.9. The summed E-state index contributed by atoms with van der Waals surface area (Å²) >= 11 is 0. The van der Waals surface area contributed by atoms with E-state index in [1.165, 1.54) is 26.4 Å². The molecular weight excluding hydrogens is 528 g/mol. The van der Waals surface area contributed by atoms with Gasteiger partial charge in [-0.2, -0.15) is 0 Å². The van der Waals surface area contributed by atoms with Gasteiger partial charge in [0.15, 0.2) is 11.5 Å². The van der Waals surface area contributed by atoms with E-state index in [9.17, 15) is 24.9 Å². The van der Waals surface area contributed by atoms with Crippen molar-refractivity contribution < 1.29 is 39.1 Å². The average Bonchev–Trinajstić information content (AvgIpc) is 3.71. The molecule has 1 heterocycles. The standard InChI is InChI=1S/C31H44N2O8/c1-3-40-10-4-8-33(26(36)15-21-12-18-5-6-20(21)11-18)24-16-23(31(38)32-7-9-34)27-22-13-19(17-35)14-25(39-2)29(22)41-30(27)28(24)37/h13-14,16,18,20-21,24,27-28,30,34-35,37H,3-12,15,17H2,1-2H3,(H,32,38). The summed E-state index contributed by atoms with van der Waals surface area (Å²) in [5.41, 5.74) is 1.59. The molecule has 7 atom stereocenters. The van der Waals surface area contributed by atoms with Gasteiger partial charge in [0, 0.05) is 43.9 Å². The topological polar surface area (TPSA) is 138 Å². The van der Waals surface area contributed by atoms with E-state index in [0.29, 0.717) is 72.6 Å². The first kappa shape index (κ1) is 29.8. The van der Waals surface area contributed by atoms with Crippen LogP contribution in [0.25, 0.3) is 0 Å². The van der Waals surface area contributed by atoms with Crippen LogP contribution < -0.4 is 14.8 Å². The Morgan fingerprint density at radius 2 is 2.02 bits per heavy atom. The first-order chi connectivity index (χ1) is 19.9. The van der Waals surface area contributed by atoms with Gasteiger partial charge >= 0.3 is 0 Å². The van der Waals surface area contributed by atoms with E-state index in [1.54, 1.807) is 23.1 Å². The van der Waals surface area contributed by atoms with Gasteiger partial charge in [0.05, 0.1) is 32.3 Å². The maximum atomic E-state index is 13.9. The molecule has 0 spiro atoms. The molecule has 226 valence electrons. The summed E-state index contributed by atoms with van der Waals surface area (Å²) in [6, 6.07) is 2.66. The number of nitrogens with one attached hydrogen (secondary N) is 1. The fraction of sp³-hybridized carbons (Fsp3) is 0.677. The minimum absolute atomic E-state index is 0.0245. The van der Waals surface area contributed by atoms with Crippen LogP contribution >= 0.6 is 0 Å². The van der Waals surface area contributed by atoms with Crippen molar-refractivity contribution in [2.24, 2.45) is 17.8 Å². The smallest absolute Gasteiger partial charge is 0.247 e. The zero-order valence-corrected chi connectivity index (χ0v) is 24.1. The largest absolute Gasteiger partial charge is 0.493 e. The quantitative estimate of drug-likeness (QED) is 0.263. The number of rotatable bonds is 13. The van der Waals surface area contributed by atoms with Gasteiger partial charge in [-0.3, -0.25) is 9.59 Å². The second kappa shape index (κ2) is 13.1.